The van der Waals surface area contributed by atoms with Crippen LogP contribution in [0.4, 0.5) is 5.69 Å². The van der Waals surface area contributed by atoms with Crippen molar-refractivity contribution in [3.8, 4) is 17.1 Å². The zero-order chi connectivity index (χ0) is 21.5. The maximum Gasteiger partial charge on any atom is 0.273 e. The van der Waals surface area contributed by atoms with Crippen molar-refractivity contribution < 1.29 is 0 Å². The van der Waals surface area contributed by atoms with Gasteiger partial charge in [0.15, 0.2) is 0 Å². The molecule has 0 aliphatic carbocycles. The largest absolute Gasteiger partial charge is 0.365 e. The molecule has 0 bridgehead atoms. The quantitative estimate of drug-likeness (QED) is 0.543. The molecule has 1 fully saturated rings. The Morgan fingerprint density at radius 3 is 2.81 bits per heavy atom. The van der Waals surface area contributed by atoms with Gasteiger partial charge in [-0.25, -0.2) is 9.67 Å². The molecule has 31 heavy (non-hydrogen) atoms. The molecule has 0 amide bonds. The molecule has 9 nitrogen and oxygen atoms in total. The zero-order valence-corrected chi connectivity index (χ0v) is 17.6. The normalized spacial score (nSPS) is 16.7. The second-order valence-electron chi connectivity index (χ2n) is 8.08. The number of aryl methyl sites for hydroxylation is 2. The van der Waals surface area contributed by atoms with Gasteiger partial charge in [-0.2, -0.15) is 5.10 Å². The molecule has 1 saturated heterocycles. The van der Waals surface area contributed by atoms with Gasteiger partial charge in [-0.15, -0.1) is 0 Å². The smallest absolute Gasteiger partial charge is 0.273 e. The van der Waals surface area contributed by atoms with E-state index in [1.807, 2.05) is 23.7 Å². The molecule has 4 aromatic heterocycles. The Balaban J connectivity index is 1.62. The Kier molecular flexibility index (Phi) is 4.74. The maximum atomic E-state index is 12.9. The van der Waals surface area contributed by atoms with Crippen molar-refractivity contribution in [3.05, 3.63) is 59.2 Å². The van der Waals surface area contributed by atoms with Crippen molar-refractivity contribution in [1.82, 2.24) is 29.3 Å². The third-order valence-electron chi connectivity index (χ3n) is 5.66. The van der Waals surface area contributed by atoms with Crippen LogP contribution in [-0.2, 0) is 7.05 Å². The summed E-state index contributed by atoms with van der Waals surface area (Å²) in [7, 11) is 1.76. The van der Waals surface area contributed by atoms with Gasteiger partial charge in [0.1, 0.15) is 11.4 Å². The van der Waals surface area contributed by atoms with Crippen LogP contribution in [0.15, 0.2) is 47.9 Å². The van der Waals surface area contributed by atoms with Crippen molar-refractivity contribution in [1.29, 1.82) is 0 Å². The van der Waals surface area contributed by atoms with Crippen molar-refractivity contribution in [3.63, 3.8) is 0 Å². The van der Waals surface area contributed by atoms with E-state index in [4.69, 9.17) is 5.73 Å². The summed E-state index contributed by atoms with van der Waals surface area (Å²) in [5, 5.41) is 5.47. The molecule has 0 aromatic carbocycles. The highest BCUT2D eigenvalue weighted by Crippen LogP contribution is 2.24. The van der Waals surface area contributed by atoms with E-state index in [2.05, 4.69) is 25.0 Å². The molecule has 1 atom stereocenters. The third kappa shape index (κ3) is 3.57. The first-order chi connectivity index (χ1) is 15.0. The first-order valence-corrected chi connectivity index (χ1v) is 10.3. The number of nitrogens with zero attached hydrogens (tertiary/aromatic N) is 7. The number of rotatable bonds is 3. The van der Waals surface area contributed by atoms with Gasteiger partial charge in [-0.1, -0.05) is 0 Å². The van der Waals surface area contributed by atoms with E-state index in [-0.39, 0.29) is 11.6 Å². The summed E-state index contributed by atoms with van der Waals surface area (Å²) in [6.45, 7) is 3.41. The van der Waals surface area contributed by atoms with Crippen molar-refractivity contribution in [2.24, 2.45) is 12.8 Å². The molecule has 1 aliphatic rings. The van der Waals surface area contributed by atoms with E-state index in [0.717, 1.165) is 47.4 Å². The first kappa shape index (κ1) is 19.4. The number of hydrogen-bond donors (Lipinski definition) is 1. The summed E-state index contributed by atoms with van der Waals surface area (Å²) in [6.07, 6.45) is 10.7. The van der Waals surface area contributed by atoms with Crippen molar-refractivity contribution in [2.75, 3.05) is 18.0 Å². The third-order valence-corrected chi connectivity index (χ3v) is 5.66. The standard InChI is InChI=1S/C22H24N8O/c1-14-8-24-11-19(27-14)18-7-20-15(9-25-18)10-26-30(20)17-6-21(22(31)28(2)13-17)29-5-3-4-16(23)12-29/h6-11,13,16H,3-5,12,23H2,1-2H3. The maximum absolute atomic E-state index is 12.9. The van der Waals surface area contributed by atoms with Gasteiger partial charge in [-0.3, -0.25) is 14.8 Å². The summed E-state index contributed by atoms with van der Waals surface area (Å²) in [6, 6.07) is 3.93. The first-order valence-electron chi connectivity index (χ1n) is 10.3. The van der Waals surface area contributed by atoms with Gasteiger partial charge in [-0.05, 0) is 31.9 Å². The molecule has 5 rings (SSSR count). The van der Waals surface area contributed by atoms with Gasteiger partial charge >= 0.3 is 0 Å². The summed E-state index contributed by atoms with van der Waals surface area (Å²) in [5.74, 6) is 0. The molecule has 5 heterocycles. The van der Waals surface area contributed by atoms with Crippen LogP contribution in [0.5, 0.6) is 0 Å². The summed E-state index contributed by atoms with van der Waals surface area (Å²) in [5.41, 5.74) is 10.7. The van der Waals surface area contributed by atoms with E-state index in [1.54, 1.807) is 42.6 Å². The van der Waals surface area contributed by atoms with E-state index in [1.165, 1.54) is 0 Å². The molecule has 9 heteroatoms. The van der Waals surface area contributed by atoms with Crippen LogP contribution < -0.4 is 16.2 Å². The van der Waals surface area contributed by atoms with E-state index in [0.29, 0.717) is 17.9 Å². The molecule has 0 spiro atoms. The molecule has 1 unspecified atom stereocenters. The van der Waals surface area contributed by atoms with Crippen LogP contribution >= 0.6 is 0 Å². The molecular formula is C22H24N8O. The number of nitrogens with two attached hydrogens (primary N) is 1. The van der Waals surface area contributed by atoms with Gasteiger partial charge in [0.05, 0.1) is 35.0 Å². The van der Waals surface area contributed by atoms with Crippen LogP contribution in [0.1, 0.15) is 18.5 Å². The number of pyridine rings is 2. The number of anilines is 1. The summed E-state index contributed by atoms with van der Waals surface area (Å²) >= 11 is 0. The fourth-order valence-electron chi connectivity index (χ4n) is 4.10. The highest BCUT2D eigenvalue weighted by molar-refractivity contribution is 5.82. The highest BCUT2D eigenvalue weighted by Gasteiger charge is 2.21. The minimum Gasteiger partial charge on any atom is -0.365 e. The van der Waals surface area contributed by atoms with Gasteiger partial charge in [0.25, 0.3) is 5.56 Å². The van der Waals surface area contributed by atoms with Gasteiger partial charge in [0, 0.05) is 50.2 Å². The molecule has 4 aromatic rings. The molecule has 158 valence electrons. The Morgan fingerprint density at radius 1 is 1.13 bits per heavy atom. The molecule has 1 aliphatic heterocycles. The van der Waals surface area contributed by atoms with E-state index >= 15 is 0 Å². The van der Waals surface area contributed by atoms with Crippen molar-refractivity contribution >= 4 is 16.6 Å². The fraction of sp³-hybridized carbons (Fsp3) is 0.318. The van der Waals surface area contributed by atoms with Gasteiger partial charge < -0.3 is 15.2 Å². The minimum absolute atomic E-state index is 0.0355. The zero-order valence-electron chi connectivity index (χ0n) is 17.6. The molecular weight excluding hydrogens is 392 g/mol. The van der Waals surface area contributed by atoms with Crippen LogP contribution in [0.3, 0.4) is 0 Å². The SMILES string of the molecule is Cc1cncc(-c2cc3c(cn2)cnn3-c2cc(N3CCCC(N)C3)c(=O)n(C)c2)n1. The molecule has 2 N–H and O–H groups in total. The van der Waals surface area contributed by atoms with E-state index in [9.17, 15) is 4.79 Å². The second kappa shape index (κ2) is 7.59. The monoisotopic (exact) mass is 416 g/mol. The number of aromatic nitrogens is 6. The highest BCUT2D eigenvalue weighted by atomic mass is 16.1. The lowest BCUT2D eigenvalue weighted by molar-refractivity contribution is 0.504. The second-order valence-corrected chi connectivity index (χ2v) is 8.08. The van der Waals surface area contributed by atoms with Crippen LogP contribution in [-0.4, -0.2) is 48.4 Å². The number of fused-ring (bicyclic) bond motifs is 1. The number of piperidine rings is 1. The molecule has 0 saturated carbocycles. The Labute approximate surface area is 179 Å². The predicted molar refractivity (Wildman–Crippen MR) is 119 cm³/mol. The summed E-state index contributed by atoms with van der Waals surface area (Å²) < 4.78 is 3.43. The lowest BCUT2D eigenvalue weighted by Gasteiger charge is -2.32. The average Bonchev–Trinajstić information content (AvgIpc) is 3.19. The Morgan fingerprint density at radius 2 is 2.00 bits per heavy atom. The predicted octanol–water partition coefficient (Wildman–Crippen LogP) is 1.81. The Bertz CT molecular complexity index is 1320. The Hall–Kier alpha value is -3.59. The van der Waals surface area contributed by atoms with Crippen LogP contribution in [0, 0.1) is 6.92 Å². The average molecular weight is 416 g/mol. The molecule has 0 radical (unpaired) electrons. The topological polar surface area (TPSA) is 108 Å². The fourth-order valence-corrected chi connectivity index (χ4v) is 4.10. The minimum atomic E-state index is -0.0355. The van der Waals surface area contributed by atoms with Crippen LogP contribution in [0.2, 0.25) is 0 Å². The van der Waals surface area contributed by atoms with E-state index < -0.39 is 0 Å². The van der Waals surface area contributed by atoms with Crippen molar-refractivity contribution in [2.45, 2.75) is 25.8 Å². The lowest BCUT2D eigenvalue weighted by Crippen LogP contribution is -2.45. The van der Waals surface area contributed by atoms with Gasteiger partial charge in [0.2, 0.25) is 0 Å². The number of hydrogen-bond acceptors (Lipinski definition) is 7. The van der Waals surface area contributed by atoms with Crippen LogP contribution in [0.25, 0.3) is 28.0 Å². The lowest BCUT2D eigenvalue weighted by atomic mass is 10.1. The summed E-state index contributed by atoms with van der Waals surface area (Å²) in [4.78, 5) is 28.2.